The largest absolute Gasteiger partial charge is 0.380 e. The third-order valence-electron chi connectivity index (χ3n) is 11.6. The summed E-state index contributed by atoms with van der Waals surface area (Å²) in [5, 5.41) is 6.33. The fourth-order valence-corrected chi connectivity index (χ4v) is 7.80. The molecular weight excluding hydrogens is 636 g/mol. The van der Waals surface area contributed by atoms with Gasteiger partial charge in [0, 0.05) is 47.3 Å². The number of methoxy groups -OCH3 is 3. The number of likely N-dealkylation sites (N-methyl/N-ethyl adjacent to an activating group) is 2. The summed E-state index contributed by atoms with van der Waals surface area (Å²) >= 11 is 0. The zero-order valence-corrected chi connectivity index (χ0v) is 34.2. The van der Waals surface area contributed by atoms with Gasteiger partial charge in [-0.1, -0.05) is 75.2 Å². The van der Waals surface area contributed by atoms with Crippen LogP contribution in [0.25, 0.3) is 0 Å². The number of carbonyl (C=O) groups is 4. The summed E-state index contributed by atoms with van der Waals surface area (Å²) in [7, 11) is 8.41. The summed E-state index contributed by atoms with van der Waals surface area (Å²) in [5.41, 5.74) is 0. The second-order valence-electron chi connectivity index (χ2n) is 15.5. The molecule has 0 aliphatic carbocycles. The van der Waals surface area contributed by atoms with Gasteiger partial charge in [-0.05, 0) is 50.5 Å². The van der Waals surface area contributed by atoms with Crippen LogP contribution in [0.2, 0.25) is 0 Å². The fourth-order valence-electron chi connectivity index (χ4n) is 7.80. The van der Waals surface area contributed by atoms with Crippen LogP contribution in [-0.2, 0) is 33.4 Å². The van der Waals surface area contributed by atoms with Crippen LogP contribution >= 0.6 is 0 Å². The molecule has 1 fully saturated rings. The number of amides is 3. The molecule has 3 amide bonds. The van der Waals surface area contributed by atoms with Crippen molar-refractivity contribution in [3.8, 4) is 0 Å². The van der Waals surface area contributed by atoms with Crippen molar-refractivity contribution in [3.05, 3.63) is 0 Å². The molecule has 1 saturated heterocycles. The van der Waals surface area contributed by atoms with Crippen LogP contribution in [0.5, 0.6) is 0 Å². The summed E-state index contributed by atoms with van der Waals surface area (Å²) in [6.45, 7) is 20.7. The highest BCUT2D eigenvalue weighted by atomic mass is 16.5. The molecule has 0 unspecified atom stereocenters. The van der Waals surface area contributed by atoms with E-state index >= 15 is 0 Å². The van der Waals surface area contributed by atoms with Crippen LogP contribution in [0.3, 0.4) is 0 Å². The number of hydrogen-bond donors (Lipinski definition) is 2. The monoisotopic (exact) mass is 711 g/mol. The van der Waals surface area contributed by atoms with E-state index in [0.29, 0.717) is 6.54 Å². The van der Waals surface area contributed by atoms with Gasteiger partial charge >= 0.3 is 0 Å². The predicted molar refractivity (Wildman–Crippen MR) is 200 cm³/mol. The number of hydrogen-bond acceptors (Lipinski definition) is 8. The molecule has 11 heteroatoms. The van der Waals surface area contributed by atoms with Crippen molar-refractivity contribution in [2.75, 3.05) is 42.0 Å². The Labute approximate surface area is 304 Å². The van der Waals surface area contributed by atoms with Gasteiger partial charge < -0.3 is 34.6 Å². The number of nitrogens with zero attached hydrogens (tertiary/aromatic N) is 2. The Morgan fingerprint density at radius 1 is 0.840 bits per heavy atom. The van der Waals surface area contributed by atoms with E-state index < -0.39 is 24.0 Å². The molecule has 0 radical (unpaired) electrons. The summed E-state index contributed by atoms with van der Waals surface area (Å²) in [6, 6.07) is -1.12. The van der Waals surface area contributed by atoms with E-state index in [1.165, 1.54) is 0 Å². The quantitative estimate of drug-likeness (QED) is 0.153. The Morgan fingerprint density at radius 3 is 1.90 bits per heavy atom. The minimum atomic E-state index is -0.564. The van der Waals surface area contributed by atoms with E-state index in [0.717, 1.165) is 25.7 Å². The molecule has 1 aliphatic heterocycles. The van der Waals surface area contributed by atoms with E-state index in [4.69, 9.17) is 14.2 Å². The molecule has 0 aromatic rings. The molecular formula is C39H74N4O7. The lowest BCUT2D eigenvalue weighted by Gasteiger charge is -2.41. The molecule has 1 rings (SSSR count). The first-order valence-electron chi connectivity index (χ1n) is 19.1. The molecule has 0 saturated carbocycles. The van der Waals surface area contributed by atoms with Crippen LogP contribution in [-0.4, -0.2) is 118 Å². The maximum absolute atomic E-state index is 14.2. The van der Waals surface area contributed by atoms with Gasteiger partial charge in [0.05, 0.1) is 54.8 Å². The van der Waals surface area contributed by atoms with Crippen LogP contribution < -0.4 is 10.6 Å². The Balaban J connectivity index is 3.27. The zero-order valence-electron chi connectivity index (χ0n) is 34.2. The van der Waals surface area contributed by atoms with Crippen molar-refractivity contribution < 1.29 is 33.4 Å². The maximum atomic E-state index is 14.2. The third-order valence-corrected chi connectivity index (χ3v) is 11.6. The third kappa shape index (κ3) is 12.0. The predicted octanol–water partition coefficient (Wildman–Crippen LogP) is 4.95. The number of likely N-dealkylation sites (tertiary alicyclic amines) is 1. The second kappa shape index (κ2) is 22.1. The Bertz CT molecular complexity index is 1050. The fraction of sp³-hybridized carbons (Fsp3) is 0.897. The van der Waals surface area contributed by atoms with Gasteiger partial charge in [-0.3, -0.25) is 19.2 Å². The van der Waals surface area contributed by atoms with E-state index in [-0.39, 0.29) is 90.3 Å². The van der Waals surface area contributed by atoms with E-state index in [1.54, 1.807) is 40.3 Å². The standard InChI is InChI=1S/C39H74N4O7/c1-16-25(7)35(28(10)48-13)41-38(46)27(9)37(50-15)30-19-18-20-43(30)33(45)22-32(49-14)36(26(8)17-2)42(12)39(47)29(23(3)4)21-31(44)34(40-11)24(5)6/h23-30,32,34-37,40H,16-22H2,1-15H3,(H,41,46)/t25-,26-,27+,28+,29-,30-,32+,34-,35-,36-,37+/m0/s1. The molecule has 0 spiro atoms. The Hall–Kier alpha value is -2.08. The Kier molecular flexibility index (Phi) is 20.3. The van der Waals surface area contributed by atoms with Gasteiger partial charge in [-0.25, -0.2) is 0 Å². The Morgan fingerprint density at radius 2 is 1.44 bits per heavy atom. The van der Waals surface area contributed by atoms with Crippen molar-refractivity contribution >= 4 is 23.5 Å². The number of carbonyl (C=O) groups excluding carboxylic acids is 4. The molecule has 0 aromatic heterocycles. The van der Waals surface area contributed by atoms with Crippen LogP contribution in [0.1, 0.15) is 108 Å². The molecule has 0 aromatic carbocycles. The number of nitrogens with one attached hydrogen (secondary N) is 2. The molecule has 50 heavy (non-hydrogen) atoms. The van der Waals surface area contributed by atoms with Crippen LogP contribution in [0, 0.1) is 35.5 Å². The van der Waals surface area contributed by atoms with Crippen molar-refractivity contribution in [1.29, 1.82) is 0 Å². The topological polar surface area (TPSA) is 127 Å². The van der Waals surface area contributed by atoms with Crippen molar-refractivity contribution in [2.45, 2.75) is 150 Å². The van der Waals surface area contributed by atoms with Crippen LogP contribution in [0.4, 0.5) is 0 Å². The number of ketones is 1. The summed E-state index contributed by atoms with van der Waals surface area (Å²) < 4.78 is 17.6. The van der Waals surface area contributed by atoms with Gasteiger partial charge in [-0.15, -0.1) is 0 Å². The van der Waals surface area contributed by atoms with Gasteiger partial charge in [0.25, 0.3) is 0 Å². The average molecular weight is 711 g/mol. The van der Waals surface area contributed by atoms with Crippen molar-refractivity contribution in [2.24, 2.45) is 35.5 Å². The number of rotatable bonds is 23. The molecule has 1 heterocycles. The van der Waals surface area contributed by atoms with Gasteiger partial charge in [0.15, 0.2) is 5.78 Å². The zero-order chi connectivity index (χ0) is 38.5. The molecule has 0 bridgehead atoms. The molecule has 11 atom stereocenters. The number of ether oxygens (including phenoxy) is 3. The van der Waals surface area contributed by atoms with Crippen LogP contribution in [0.15, 0.2) is 0 Å². The lowest BCUT2D eigenvalue weighted by atomic mass is 9.84. The summed E-state index contributed by atoms with van der Waals surface area (Å²) in [4.78, 5) is 58.8. The molecule has 1 aliphatic rings. The van der Waals surface area contributed by atoms with Gasteiger partial charge in [0.2, 0.25) is 17.7 Å². The first-order chi connectivity index (χ1) is 23.5. The number of Topliss-reactive ketones (excluding diaryl/α,β-unsaturated/α-hetero) is 1. The minimum absolute atomic E-state index is 0.0285. The average Bonchev–Trinajstić information content (AvgIpc) is 3.57. The van der Waals surface area contributed by atoms with E-state index in [9.17, 15) is 19.2 Å². The summed E-state index contributed by atoms with van der Waals surface area (Å²) in [6.07, 6.45) is 2.23. The lowest BCUT2D eigenvalue weighted by molar-refractivity contribution is -0.149. The van der Waals surface area contributed by atoms with Crippen molar-refractivity contribution in [1.82, 2.24) is 20.4 Å². The van der Waals surface area contributed by atoms with E-state index in [2.05, 4.69) is 38.3 Å². The lowest BCUT2D eigenvalue weighted by Crippen LogP contribution is -2.55. The highest BCUT2D eigenvalue weighted by molar-refractivity contribution is 5.90. The summed E-state index contributed by atoms with van der Waals surface area (Å²) in [5.74, 6) is -0.967. The van der Waals surface area contributed by atoms with Gasteiger partial charge in [-0.2, -0.15) is 0 Å². The second-order valence-corrected chi connectivity index (χ2v) is 15.5. The first kappa shape index (κ1) is 45.9. The maximum Gasteiger partial charge on any atom is 0.226 e. The highest BCUT2D eigenvalue weighted by Gasteiger charge is 2.43. The molecule has 292 valence electrons. The van der Waals surface area contributed by atoms with E-state index in [1.807, 2.05) is 46.4 Å². The first-order valence-corrected chi connectivity index (χ1v) is 19.1. The molecule has 11 nitrogen and oxygen atoms in total. The normalized spacial score (nSPS) is 21.1. The highest BCUT2D eigenvalue weighted by Crippen LogP contribution is 2.31. The smallest absolute Gasteiger partial charge is 0.226 e. The van der Waals surface area contributed by atoms with Gasteiger partial charge in [0.1, 0.15) is 0 Å². The minimum Gasteiger partial charge on any atom is -0.380 e. The SMILES string of the molecule is CC[C@H](C)[C@H](NC(=O)[C@H](C)[C@@H](OC)[C@@H]1CCCN1C(=O)C[C@@H](OC)[C@H]([C@@H](C)CC)N(C)C(=O)[C@@H](CC(=O)[C@@H](NC)C(C)C)C(C)C)[C@@H](C)OC. The molecule has 2 N–H and O–H groups in total. The van der Waals surface area contributed by atoms with Crippen molar-refractivity contribution in [3.63, 3.8) is 0 Å².